The highest BCUT2D eigenvalue weighted by Gasteiger charge is 2.45. The number of hydrogen-bond donors (Lipinski definition) is 1. The Balaban J connectivity index is 2.11. The number of rotatable bonds is 3. The number of hydrogen-bond acceptors (Lipinski definition) is 2. The second-order valence-electron chi connectivity index (χ2n) is 4.28. The number of nitrogens with one attached hydrogen (secondary N) is 1. The van der Waals surface area contributed by atoms with Gasteiger partial charge in [0.25, 0.3) is 0 Å². The number of aromatic nitrogens is 1. The van der Waals surface area contributed by atoms with E-state index in [0.717, 1.165) is 5.82 Å². The lowest BCUT2D eigenvalue weighted by molar-refractivity contribution is 0.510. The van der Waals surface area contributed by atoms with Crippen LogP contribution in [-0.4, -0.2) is 10.5 Å². The molecular weight excluding hydrogens is 196 g/mol. The lowest BCUT2D eigenvalue weighted by Gasteiger charge is -2.21. The minimum Gasteiger partial charge on any atom is -0.364 e. The van der Waals surface area contributed by atoms with Crippen LogP contribution in [0.4, 0.5) is 5.82 Å². The van der Waals surface area contributed by atoms with Crippen molar-refractivity contribution in [2.24, 2.45) is 5.92 Å². The van der Waals surface area contributed by atoms with Gasteiger partial charge in [-0.15, -0.1) is 0 Å². The van der Waals surface area contributed by atoms with Crippen molar-refractivity contribution in [1.29, 1.82) is 0 Å². The molecule has 0 saturated heterocycles. The van der Waals surface area contributed by atoms with Crippen LogP contribution in [0.1, 0.15) is 26.7 Å². The van der Waals surface area contributed by atoms with Crippen molar-refractivity contribution >= 4 is 17.4 Å². The molecule has 0 atom stereocenters. The summed E-state index contributed by atoms with van der Waals surface area (Å²) in [6.07, 6.45) is 2.47. The average molecular weight is 211 g/mol. The summed E-state index contributed by atoms with van der Waals surface area (Å²) >= 11 is 5.82. The maximum absolute atomic E-state index is 5.82. The van der Waals surface area contributed by atoms with Crippen LogP contribution in [0.15, 0.2) is 18.2 Å². The van der Waals surface area contributed by atoms with Crippen molar-refractivity contribution in [2.45, 2.75) is 32.2 Å². The fourth-order valence-electron chi connectivity index (χ4n) is 1.71. The molecule has 1 N–H and O–H groups in total. The number of pyridine rings is 1. The Labute approximate surface area is 89.7 Å². The Morgan fingerprint density at radius 3 is 2.64 bits per heavy atom. The van der Waals surface area contributed by atoms with Gasteiger partial charge in [-0.2, -0.15) is 0 Å². The normalized spacial score (nSPS) is 18.3. The zero-order chi connectivity index (χ0) is 10.2. The first-order valence-electron chi connectivity index (χ1n) is 5.03. The Hall–Kier alpha value is -0.760. The molecule has 2 rings (SSSR count). The largest absolute Gasteiger partial charge is 0.364 e. The van der Waals surface area contributed by atoms with Crippen LogP contribution in [0.3, 0.4) is 0 Å². The number of nitrogens with zero attached hydrogens (tertiary/aromatic N) is 1. The Morgan fingerprint density at radius 1 is 1.43 bits per heavy atom. The quantitative estimate of drug-likeness (QED) is 0.775. The summed E-state index contributed by atoms with van der Waals surface area (Å²) in [5, 5.41) is 4.02. The van der Waals surface area contributed by atoms with E-state index in [1.54, 1.807) is 6.07 Å². The molecule has 1 saturated carbocycles. The molecule has 0 bridgehead atoms. The van der Waals surface area contributed by atoms with Gasteiger partial charge in [-0.3, -0.25) is 0 Å². The van der Waals surface area contributed by atoms with Crippen molar-refractivity contribution in [3.05, 3.63) is 23.4 Å². The third kappa shape index (κ3) is 1.85. The van der Waals surface area contributed by atoms with Gasteiger partial charge in [-0.05, 0) is 30.9 Å². The highest BCUT2D eigenvalue weighted by Crippen LogP contribution is 2.44. The minimum atomic E-state index is 0.275. The summed E-state index contributed by atoms with van der Waals surface area (Å²) < 4.78 is 0. The molecule has 76 valence electrons. The molecule has 1 aromatic heterocycles. The van der Waals surface area contributed by atoms with Gasteiger partial charge in [0.05, 0.1) is 0 Å². The molecular formula is C11H15ClN2. The van der Waals surface area contributed by atoms with Gasteiger partial charge in [-0.25, -0.2) is 4.98 Å². The monoisotopic (exact) mass is 210 g/mol. The molecule has 1 aliphatic carbocycles. The van der Waals surface area contributed by atoms with E-state index in [0.29, 0.717) is 11.1 Å². The van der Waals surface area contributed by atoms with Gasteiger partial charge >= 0.3 is 0 Å². The van der Waals surface area contributed by atoms with E-state index < -0.39 is 0 Å². The maximum atomic E-state index is 5.82. The molecule has 0 unspecified atom stereocenters. The van der Waals surface area contributed by atoms with E-state index in [1.165, 1.54) is 12.8 Å². The second-order valence-corrected chi connectivity index (χ2v) is 4.67. The molecule has 1 aromatic rings. The van der Waals surface area contributed by atoms with E-state index in [4.69, 9.17) is 11.6 Å². The third-order valence-electron chi connectivity index (χ3n) is 2.99. The lowest BCUT2D eigenvalue weighted by atomic mass is 10.0. The summed E-state index contributed by atoms with van der Waals surface area (Å²) in [4.78, 5) is 4.24. The van der Waals surface area contributed by atoms with Gasteiger partial charge in [0.15, 0.2) is 0 Å². The molecule has 0 amide bonds. The number of halogens is 1. The fourth-order valence-corrected chi connectivity index (χ4v) is 1.88. The summed E-state index contributed by atoms with van der Waals surface area (Å²) in [6.45, 7) is 4.48. The van der Waals surface area contributed by atoms with E-state index in [9.17, 15) is 0 Å². The molecule has 0 aliphatic heterocycles. The highest BCUT2D eigenvalue weighted by molar-refractivity contribution is 6.29. The molecule has 2 nitrogen and oxygen atoms in total. The SMILES string of the molecule is CC(C)C1(Nc2cccc(Cl)n2)CC1. The Kier molecular flexibility index (Phi) is 2.40. The van der Waals surface area contributed by atoms with Crippen LogP contribution >= 0.6 is 11.6 Å². The third-order valence-corrected chi connectivity index (χ3v) is 3.20. The first kappa shape index (κ1) is 9.78. The molecule has 1 heterocycles. The van der Waals surface area contributed by atoms with E-state index in [1.807, 2.05) is 12.1 Å². The number of anilines is 1. The van der Waals surface area contributed by atoms with Gasteiger partial charge in [0.2, 0.25) is 0 Å². The van der Waals surface area contributed by atoms with Crippen molar-refractivity contribution in [3.8, 4) is 0 Å². The van der Waals surface area contributed by atoms with Crippen molar-refractivity contribution < 1.29 is 0 Å². The molecule has 1 aliphatic rings. The summed E-state index contributed by atoms with van der Waals surface area (Å²) in [5.74, 6) is 1.53. The summed E-state index contributed by atoms with van der Waals surface area (Å²) in [5.41, 5.74) is 0.275. The van der Waals surface area contributed by atoms with Gasteiger partial charge in [0.1, 0.15) is 11.0 Å². The summed E-state index contributed by atoms with van der Waals surface area (Å²) in [7, 11) is 0. The zero-order valence-corrected chi connectivity index (χ0v) is 9.30. The van der Waals surface area contributed by atoms with Crippen LogP contribution in [0.2, 0.25) is 5.15 Å². The van der Waals surface area contributed by atoms with Gasteiger partial charge < -0.3 is 5.32 Å². The second kappa shape index (κ2) is 3.43. The summed E-state index contributed by atoms with van der Waals surface area (Å²) in [6, 6.07) is 5.68. The molecule has 1 fully saturated rings. The lowest BCUT2D eigenvalue weighted by Crippen LogP contribution is -2.28. The minimum absolute atomic E-state index is 0.275. The smallest absolute Gasteiger partial charge is 0.131 e. The molecule has 0 aromatic carbocycles. The van der Waals surface area contributed by atoms with Crippen LogP contribution in [0, 0.1) is 5.92 Å². The molecule has 0 radical (unpaired) electrons. The van der Waals surface area contributed by atoms with Gasteiger partial charge in [0, 0.05) is 5.54 Å². The molecule has 3 heteroatoms. The predicted molar refractivity (Wildman–Crippen MR) is 59.7 cm³/mol. The standard InChI is InChI=1S/C11H15ClN2/c1-8(2)11(6-7-11)14-10-5-3-4-9(12)13-10/h3-5,8H,6-7H2,1-2H3,(H,13,14). The van der Waals surface area contributed by atoms with Crippen LogP contribution in [0.25, 0.3) is 0 Å². The fraction of sp³-hybridized carbons (Fsp3) is 0.545. The van der Waals surface area contributed by atoms with Crippen molar-refractivity contribution in [3.63, 3.8) is 0 Å². The maximum Gasteiger partial charge on any atom is 0.131 e. The van der Waals surface area contributed by atoms with Crippen molar-refractivity contribution in [2.75, 3.05) is 5.32 Å². The first-order valence-corrected chi connectivity index (χ1v) is 5.41. The van der Waals surface area contributed by atoms with E-state index in [-0.39, 0.29) is 5.54 Å². The average Bonchev–Trinajstić information content (AvgIpc) is 2.85. The zero-order valence-electron chi connectivity index (χ0n) is 8.55. The van der Waals surface area contributed by atoms with Crippen molar-refractivity contribution in [1.82, 2.24) is 4.98 Å². The Morgan fingerprint density at radius 2 is 2.14 bits per heavy atom. The predicted octanol–water partition coefficient (Wildman–Crippen LogP) is 3.34. The van der Waals surface area contributed by atoms with Gasteiger partial charge in [-0.1, -0.05) is 31.5 Å². The molecule has 14 heavy (non-hydrogen) atoms. The highest BCUT2D eigenvalue weighted by atomic mass is 35.5. The topological polar surface area (TPSA) is 24.9 Å². The Bertz CT molecular complexity index is 332. The van der Waals surface area contributed by atoms with Crippen LogP contribution in [0.5, 0.6) is 0 Å². The van der Waals surface area contributed by atoms with Crippen LogP contribution in [-0.2, 0) is 0 Å². The van der Waals surface area contributed by atoms with E-state index >= 15 is 0 Å². The molecule has 0 spiro atoms. The first-order chi connectivity index (χ1) is 6.62. The van der Waals surface area contributed by atoms with Crippen LogP contribution < -0.4 is 5.32 Å². The van der Waals surface area contributed by atoms with E-state index in [2.05, 4.69) is 24.1 Å².